The van der Waals surface area contributed by atoms with E-state index < -0.39 is 0 Å². The third-order valence-corrected chi connectivity index (χ3v) is 3.19. The summed E-state index contributed by atoms with van der Waals surface area (Å²) in [5, 5.41) is 25.8. The van der Waals surface area contributed by atoms with Crippen LogP contribution >= 0.6 is 0 Å². The molecule has 10 heteroatoms. The van der Waals surface area contributed by atoms with Gasteiger partial charge < -0.3 is 15.4 Å². The molecule has 0 atom stereocenters. The lowest BCUT2D eigenvalue weighted by Crippen LogP contribution is -1.91. The number of nitrogens with one attached hydrogen (secondary N) is 1. The second-order valence-corrected chi connectivity index (χ2v) is 4.69. The van der Waals surface area contributed by atoms with Crippen molar-refractivity contribution in [2.45, 2.75) is 0 Å². The van der Waals surface area contributed by atoms with Crippen molar-refractivity contribution in [3.63, 3.8) is 0 Å². The summed E-state index contributed by atoms with van der Waals surface area (Å²) in [5.41, 5.74) is 10.5. The molecule has 0 unspecified atom stereocenters. The molecule has 0 radical (unpaired) electrons. The largest absolute Gasteiger partial charge is 0.398 e. The summed E-state index contributed by atoms with van der Waals surface area (Å²) in [4.78, 5) is 9.24. The molecule has 0 saturated carbocycles. The number of H-pyrrole nitrogens is 1. The normalized spacial score (nSPS) is 11.6. The second kappa shape index (κ2) is 6.69. The summed E-state index contributed by atoms with van der Waals surface area (Å²) < 4.78 is 0. The van der Waals surface area contributed by atoms with E-state index in [1.54, 1.807) is 30.3 Å². The van der Waals surface area contributed by atoms with Crippen LogP contribution in [0.25, 0.3) is 22.2 Å². The van der Waals surface area contributed by atoms with E-state index in [2.05, 4.69) is 45.9 Å². The second-order valence-electron chi connectivity index (χ2n) is 4.69. The number of aromatic amines is 1. The maximum absolute atomic E-state index is 6.14. The van der Waals surface area contributed by atoms with Gasteiger partial charge >= 0.3 is 0 Å². The van der Waals surface area contributed by atoms with Crippen LogP contribution in [-0.2, 0) is 9.68 Å². The fraction of sp³-hybridized carbons (Fsp3) is 0.143. The van der Waals surface area contributed by atoms with Crippen LogP contribution in [-0.4, -0.2) is 29.6 Å². The Balaban J connectivity index is 2.21. The van der Waals surface area contributed by atoms with E-state index in [-0.39, 0.29) is 0 Å². The standard InChI is InChI=1S/C14H14N8O2/c1-23-21-16-9-5-8(6-10(7-9)17-22-24-2)13-11(15)3-4-12-14(13)19-20-18-12/h3-7H,15H2,1-2H3,(H,18,19,20). The molecular formula is C14H14N8O2. The molecule has 0 saturated heterocycles. The number of aromatic nitrogens is 3. The maximum Gasteiger partial charge on any atom is 0.122 e. The van der Waals surface area contributed by atoms with E-state index in [4.69, 9.17) is 5.73 Å². The van der Waals surface area contributed by atoms with E-state index in [1.165, 1.54) is 14.2 Å². The van der Waals surface area contributed by atoms with Crippen molar-refractivity contribution in [1.29, 1.82) is 0 Å². The number of rotatable bonds is 5. The van der Waals surface area contributed by atoms with Crippen LogP contribution in [0.1, 0.15) is 0 Å². The Hall–Kier alpha value is -3.56. The quantitative estimate of drug-likeness (QED) is 0.420. The number of fused-ring (bicyclic) bond motifs is 1. The molecule has 3 N–H and O–H groups in total. The average Bonchev–Trinajstić information content (AvgIpc) is 3.06. The van der Waals surface area contributed by atoms with E-state index >= 15 is 0 Å². The van der Waals surface area contributed by atoms with Gasteiger partial charge in [0.2, 0.25) is 0 Å². The molecule has 24 heavy (non-hydrogen) atoms. The highest BCUT2D eigenvalue weighted by atomic mass is 16.6. The van der Waals surface area contributed by atoms with Crippen LogP contribution in [0.3, 0.4) is 0 Å². The molecule has 1 aromatic heterocycles. The summed E-state index contributed by atoms with van der Waals surface area (Å²) in [5.74, 6) is 0. The molecule has 3 aromatic rings. The summed E-state index contributed by atoms with van der Waals surface area (Å²) >= 11 is 0. The fourth-order valence-electron chi connectivity index (χ4n) is 2.26. The molecule has 0 bridgehead atoms. The molecular weight excluding hydrogens is 312 g/mol. The third-order valence-electron chi connectivity index (χ3n) is 3.19. The summed E-state index contributed by atoms with van der Waals surface area (Å²) in [6.45, 7) is 0. The highest BCUT2D eigenvalue weighted by Gasteiger charge is 2.13. The Morgan fingerprint density at radius 1 is 0.958 bits per heavy atom. The molecule has 2 aromatic carbocycles. The first-order chi connectivity index (χ1) is 11.7. The van der Waals surface area contributed by atoms with Crippen LogP contribution in [0, 0.1) is 0 Å². The lowest BCUT2D eigenvalue weighted by atomic mass is 10.0. The van der Waals surface area contributed by atoms with Gasteiger partial charge in [0.1, 0.15) is 25.3 Å². The molecule has 0 spiro atoms. The van der Waals surface area contributed by atoms with Gasteiger partial charge in [-0.1, -0.05) is 0 Å². The summed E-state index contributed by atoms with van der Waals surface area (Å²) in [7, 11) is 2.82. The lowest BCUT2D eigenvalue weighted by Gasteiger charge is -2.08. The first kappa shape index (κ1) is 15.3. The van der Waals surface area contributed by atoms with Crippen LogP contribution in [0.4, 0.5) is 17.1 Å². The Morgan fingerprint density at radius 2 is 1.62 bits per heavy atom. The van der Waals surface area contributed by atoms with Crippen molar-refractivity contribution >= 4 is 28.1 Å². The van der Waals surface area contributed by atoms with Gasteiger partial charge in [-0.25, -0.2) is 0 Å². The Morgan fingerprint density at radius 3 is 2.25 bits per heavy atom. The number of nitrogen functional groups attached to an aromatic ring is 1. The molecule has 1 heterocycles. The molecule has 0 aliphatic heterocycles. The number of benzene rings is 2. The van der Waals surface area contributed by atoms with Crippen molar-refractivity contribution < 1.29 is 9.68 Å². The van der Waals surface area contributed by atoms with Crippen LogP contribution < -0.4 is 5.73 Å². The fourth-order valence-corrected chi connectivity index (χ4v) is 2.26. The number of nitrogens with two attached hydrogens (primary N) is 1. The minimum Gasteiger partial charge on any atom is -0.398 e. The van der Waals surface area contributed by atoms with Gasteiger partial charge in [-0.15, -0.1) is 10.2 Å². The zero-order valence-electron chi connectivity index (χ0n) is 13.0. The molecule has 0 aliphatic rings. The van der Waals surface area contributed by atoms with Gasteiger partial charge in [0.05, 0.1) is 11.4 Å². The first-order valence-electron chi connectivity index (χ1n) is 6.85. The summed E-state index contributed by atoms with van der Waals surface area (Å²) in [6, 6.07) is 8.80. The van der Waals surface area contributed by atoms with Gasteiger partial charge in [-0.05, 0) is 35.9 Å². The van der Waals surface area contributed by atoms with Gasteiger partial charge in [0.15, 0.2) is 0 Å². The maximum atomic E-state index is 6.14. The molecule has 0 amide bonds. The number of hydrogen-bond acceptors (Lipinski definition) is 9. The van der Waals surface area contributed by atoms with Crippen molar-refractivity contribution in [3.8, 4) is 11.1 Å². The summed E-state index contributed by atoms with van der Waals surface area (Å²) in [6.07, 6.45) is 0. The molecule has 122 valence electrons. The van der Waals surface area contributed by atoms with Crippen LogP contribution in [0.5, 0.6) is 0 Å². The number of nitrogens with zero attached hydrogens (tertiary/aromatic N) is 6. The smallest absolute Gasteiger partial charge is 0.122 e. The van der Waals surface area contributed by atoms with Gasteiger partial charge in [0.25, 0.3) is 0 Å². The molecule has 3 rings (SSSR count). The predicted octanol–water partition coefficient (Wildman–Crippen LogP) is 3.50. The monoisotopic (exact) mass is 326 g/mol. The van der Waals surface area contributed by atoms with E-state index in [0.717, 1.165) is 5.56 Å². The minimum absolute atomic E-state index is 0.513. The number of anilines is 1. The number of hydrogen-bond donors (Lipinski definition) is 2. The molecule has 0 aliphatic carbocycles. The van der Waals surface area contributed by atoms with Crippen molar-refractivity contribution in [2.24, 2.45) is 20.8 Å². The van der Waals surface area contributed by atoms with E-state index in [9.17, 15) is 0 Å². The Kier molecular flexibility index (Phi) is 4.27. The zero-order valence-corrected chi connectivity index (χ0v) is 13.0. The first-order valence-corrected chi connectivity index (χ1v) is 6.85. The average molecular weight is 326 g/mol. The SMILES string of the molecule is CON=Nc1cc(N=NOC)cc(-c2c(N)ccc3n[nH]nc23)c1. The van der Waals surface area contributed by atoms with Crippen molar-refractivity contribution in [3.05, 3.63) is 30.3 Å². The minimum atomic E-state index is 0.513. The van der Waals surface area contributed by atoms with Crippen molar-refractivity contribution in [1.82, 2.24) is 15.4 Å². The third kappa shape index (κ3) is 2.97. The topological polar surface area (TPSA) is 135 Å². The van der Waals surface area contributed by atoms with Gasteiger partial charge in [-0.3, -0.25) is 0 Å². The predicted molar refractivity (Wildman–Crippen MR) is 86.8 cm³/mol. The van der Waals surface area contributed by atoms with Crippen molar-refractivity contribution in [2.75, 3.05) is 20.0 Å². The van der Waals surface area contributed by atoms with Crippen LogP contribution in [0.2, 0.25) is 0 Å². The van der Waals surface area contributed by atoms with Gasteiger partial charge in [0, 0.05) is 21.8 Å². The van der Waals surface area contributed by atoms with Crippen LogP contribution in [0.15, 0.2) is 51.1 Å². The Bertz CT molecular complexity index is 886. The zero-order chi connectivity index (χ0) is 16.9. The highest BCUT2D eigenvalue weighted by Crippen LogP contribution is 2.36. The molecule has 0 fully saturated rings. The molecule has 10 nitrogen and oxygen atoms in total. The lowest BCUT2D eigenvalue weighted by molar-refractivity contribution is 0.190. The van der Waals surface area contributed by atoms with Gasteiger partial charge in [-0.2, -0.15) is 15.4 Å². The van der Waals surface area contributed by atoms with E-state index in [1.807, 2.05) is 0 Å². The Labute approximate surface area is 136 Å². The highest BCUT2D eigenvalue weighted by molar-refractivity contribution is 5.98. The van der Waals surface area contributed by atoms with E-state index in [0.29, 0.717) is 33.7 Å².